The molecule has 4 heterocycles. The monoisotopic (exact) mass is 222 g/mol. The molecule has 0 radical (unpaired) electrons. The first-order valence-electron chi connectivity index (χ1n) is 5.93. The summed E-state index contributed by atoms with van der Waals surface area (Å²) in [6, 6.07) is 0.244. The second kappa shape index (κ2) is 2.61. The van der Waals surface area contributed by atoms with E-state index in [9.17, 15) is 9.59 Å². The van der Waals surface area contributed by atoms with Crippen LogP contribution in [-0.4, -0.2) is 70.2 Å². The molecule has 0 N–H and O–H groups in total. The van der Waals surface area contributed by atoms with Gasteiger partial charge in [0.2, 0.25) is 0 Å². The Hall–Kier alpha value is -1.46. The summed E-state index contributed by atoms with van der Waals surface area (Å²) in [5.74, 6) is 0. The highest BCUT2D eigenvalue weighted by Crippen LogP contribution is 2.39. The maximum Gasteiger partial charge on any atom is 0.323 e. The zero-order valence-electron chi connectivity index (χ0n) is 9.00. The van der Waals surface area contributed by atoms with Gasteiger partial charge in [-0.05, 0) is 12.8 Å². The Kier molecular flexibility index (Phi) is 1.42. The molecule has 6 nitrogen and oxygen atoms in total. The van der Waals surface area contributed by atoms with E-state index >= 15 is 0 Å². The fourth-order valence-electron chi connectivity index (χ4n) is 3.50. The molecule has 4 fully saturated rings. The molecule has 0 bridgehead atoms. The third-order valence-electron chi connectivity index (χ3n) is 4.12. The van der Waals surface area contributed by atoms with Crippen LogP contribution in [-0.2, 0) is 0 Å². The topological polar surface area (TPSA) is 47.1 Å². The van der Waals surface area contributed by atoms with Gasteiger partial charge in [0.15, 0.2) is 0 Å². The molecule has 4 amide bonds. The smallest absolute Gasteiger partial charge is 0.300 e. The second-order valence-corrected chi connectivity index (χ2v) is 4.87. The van der Waals surface area contributed by atoms with Crippen LogP contribution in [0.5, 0.6) is 0 Å². The molecule has 0 spiro atoms. The Bertz CT molecular complexity index is 321. The normalized spacial score (nSPS) is 36.2. The lowest BCUT2D eigenvalue weighted by Gasteiger charge is -2.35. The number of amides is 4. The highest BCUT2D eigenvalue weighted by molar-refractivity contribution is 5.86. The van der Waals surface area contributed by atoms with Crippen molar-refractivity contribution in [1.82, 2.24) is 19.6 Å². The van der Waals surface area contributed by atoms with Crippen molar-refractivity contribution in [2.24, 2.45) is 0 Å². The fraction of sp³-hybridized carbons (Fsp3) is 0.800. The summed E-state index contributed by atoms with van der Waals surface area (Å²) in [5.41, 5.74) is 0. The molecule has 4 aliphatic rings. The van der Waals surface area contributed by atoms with Gasteiger partial charge in [-0.2, -0.15) is 0 Å². The lowest BCUT2D eigenvalue weighted by molar-refractivity contribution is 0.0842. The van der Waals surface area contributed by atoms with E-state index in [2.05, 4.69) is 0 Å². The molecule has 0 aliphatic carbocycles. The van der Waals surface area contributed by atoms with Gasteiger partial charge in [-0.1, -0.05) is 0 Å². The van der Waals surface area contributed by atoms with Gasteiger partial charge >= 0.3 is 12.1 Å². The van der Waals surface area contributed by atoms with Crippen molar-refractivity contribution in [2.45, 2.75) is 25.2 Å². The summed E-state index contributed by atoms with van der Waals surface area (Å²) in [7, 11) is 0. The van der Waals surface area contributed by atoms with Crippen LogP contribution in [0.1, 0.15) is 12.8 Å². The largest absolute Gasteiger partial charge is 0.323 e. The Morgan fingerprint density at radius 3 is 1.31 bits per heavy atom. The van der Waals surface area contributed by atoms with E-state index in [1.165, 1.54) is 0 Å². The van der Waals surface area contributed by atoms with Crippen molar-refractivity contribution >= 4 is 12.1 Å². The fourth-order valence-corrected chi connectivity index (χ4v) is 3.50. The van der Waals surface area contributed by atoms with Gasteiger partial charge in [0, 0.05) is 26.2 Å². The lowest BCUT2D eigenvalue weighted by atomic mass is 10.2. The molecular weight excluding hydrogens is 208 g/mol. The molecule has 0 saturated carbocycles. The average molecular weight is 222 g/mol. The minimum atomic E-state index is -0.00551. The number of nitrogens with zero attached hydrogens (tertiary/aromatic N) is 4. The number of carbonyl (C=O) groups excluding carboxylic acids is 2. The van der Waals surface area contributed by atoms with Crippen LogP contribution < -0.4 is 0 Å². The molecule has 4 saturated heterocycles. The first-order chi connectivity index (χ1) is 7.79. The third kappa shape index (κ3) is 0.771. The van der Waals surface area contributed by atoms with Crippen LogP contribution in [0.3, 0.4) is 0 Å². The molecule has 86 valence electrons. The van der Waals surface area contributed by atoms with Gasteiger partial charge in [0.25, 0.3) is 0 Å². The molecule has 4 rings (SSSR count). The SMILES string of the molecule is O=C1N2CCCN3C(=O)N4CCCN1C4C23. The first-order valence-corrected chi connectivity index (χ1v) is 5.93. The highest BCUT2D eigenvalue weighted by Gasteiger charge is 2.60. The average Bonchev–Trinajstić information content (AvgIpc) is 2.78. The first kappa shape index (κ1) is 8.66. The number of rotatable bonds is 0. The van der Waals surface area contributed by atoms with Crippen LogP contribution in [0.4, 0.5) is 9.59 Å². The van der Waals surface area contributed by atoms with Crippen molar-refractivity contribution in [1.29, 1.82) is 0 Å². The molecule has 16 heavy (non-hydrogen) atoms. The molecule has 0 atom stereocenters. The Morgan fingerprint density at radius 1 is 0.688 bits per heavy atom. The standard InChI is InChI=1S/C10H14N4O2/c15-9-11-3-1-4-12-7(11)8-13(9)5-2-6-14(8)10(12)16/h7-8H,1-6H2. The molecule has 0 aromatic heterocycles. The molecule has 0 aromatic carbocycles. The van der Waals surface area contributed by atoms with Crippen molar-refractivity contribution in [3.8, 4) is 0 Å². The lowest BCUT2D eigenvalue weighted by Crippen LogP contribution is -2.52. The van der Waals surface area contributed by atoms with E-state index in [0.717, 1.165) is 39.0 Å². The molecule has 0 aromatic rings. The van der Waals surface area contributed by atoms with E-state index in [1.54, 1.807) is 0 Å². The Morgan fingerprint density at radius 2 is 1.00 bits per heavy atom. The minimum Gasteiger partial charge on any atom is -0.300 e. The van der Waals surface area contributed by atoms with Crippen LogP contribution >= 0.6 is 0 Å². The van der Waals surface area contributed by atoms with E-state index in [4.69, 9.17) is 0 Å². The van der Waals surface area contributed by atoms with Crippen molar-refractivity contribution in [3.05, 3.63) is 0 Å². The number of hydrogen-bond acceptors (Lipinski definition) is 2. The number of carbonyl (C=O) groups is 2. The van der Waals surface area contributed by atoms with Crippen molar-refractivity contribution in [2.75, 3.05) is 26.2 Å². The summed E-state index contributed by atoms with van der Waals surface area (Å²) in [6.45, 7) is 3.20. The van der Waals surface area contributed by atoms with Crippen LogP contribution in [0.25, 0.3) is 0 Å². The maximum absolute atomic E-state index is 12.1. The number of urea groups is 2. The molecule has 0 unspecified atom stereocenters. The van der Waals surface area contributed by atoms with E-state index in [1.807, 2.05) is 19.6 Å². The van der Waals surface area contributed by atoms with Gasteiger partial charge in [0.05, 0.1) is 0 Å². The predicted molar refractivity (Wildman–Crippen MR) is 54.4 cm³/mol. The quantitative estimate of drug-likeness (QED) is 0.575. The maximum atomic E-state index is 12.1. The van der Waals surface area contributed by atoms with Crippen LogP contribution in [0.2, 0.25) is 0 Å². The van der Waals surface area contributed by atoms with Gasteiger partial charge in [-0.15, -0.1) is 0 Å². The zero-order valence-corrected chi connectivity index (χ0v) is 9.00. The summed E-state index contributed by atoms with van der Waals surface area (Å²) < 4.78 is 0. The minimum absolute atomic E-state index is 0.00551. The summed E-state index contributed by atoms with van der Waals surface area (Å²) in [6.07, 6.45) is 1.80. The van der Waals surface area contributed by atoms with E-state index in [-0.39, 0.29) is 24.4 Å². The van der Waals surface area contributed by atoms with Crippen LogP contribution in [0, 0.1) is 0 Å². The third-order valence-corrected chi connectivity index (χ3v) is 4.12. The van der Waals surface area contributed by atoms with Gasteiger partial charge in [0.1, 0.15) is 12.3 Å². The predicted octanol–water partition coefficient (Wildman–Crippen LogP) is -0.0788. The second-order valence-electron chi connectivity index (χ2n) is 4.87. The van der Waals surface area contributed by atoms with Gasteiger partial charge < -0.3 is 0 Å². The molecule has 4 aliphatic heterocycles. The van der Waals surface area contributed by atoms with E-state index in [0.29, 0.717) is 0 Å². The summed E-state index contributed by atoms with van der Waals surface area (Å²) >= 11 is 0. The van der Waals surface area contributed by atoms with Crippen LogP contribution in [0.15, 0.2) is 0 Å². The highest BCUT2D eigenvalue weighted by atomic mass is 16.2. The van der Waals surface area contributed by atoms with E-state index < -0.39 is 0 Å². The summed E-state index contributed by atoms with van der Waals surface area (Å²) in [5, 5.41) is 0. The van der Waals surface area contributed by atoms with Gasteiger partial charge in [-0.3, -0.25) is 19.6 Å². The Balaban J connectivity index is 1.83. The molecular formula is C10H14N4O2. The van der Waals surface area contributed by atoms with Crippen molar-refractivity contribution < 1.29 is 9.59 Å². The zero-order chi connectivity index (χ0) is 10.9. The summed E-state index contributed by atoms with van der Waals surface area (Å²) in [4.78, 5) is 31.8. The number of hydrogen-bond donors (Lipinski definition) is 0. The van der Waals surface area contributed by atoms with Crippen molar-refractivity contribution in [3.63, 3.8) is 0 Å². The van der Waals surface area contributed by atoms with Gasteiger partial charge in [-0.25, -0.2) is 9.59 Å². The molecule has 6 heteroatoms. The Labute approximate surface area is 93.4 Å².